The van der Waals surface area contributed by atoms with Crippen LogP contribution in [0, 0.1) is 0 Å². The number of aliphatic hydroxyl groups is 1. The molecule has 0 saturated heterocycles. The van der Waals surface area contributed by atoms with Crippen molar-refractivity contribution in [1.29, 1.82) is 0 Å². The van der Waals surface area contributed by atoms with Crippen LogP contribution in [-0.2, 0) is 27.1 Å². The summed E-state index contributed by atoms with van der Waals surface area (Å²) in [7, 11) is 0. The van der Waals surface area contributed by atoms with Crippen molar-refractivity contribution in [2.45, 2.75) is 43.7 Å². The SMILES string of the molecule is NCCN(CCN)C(=O)C[C@H](N)C(=O)NC(C(=O)NCc1ccc(OC(F)(F)F)cc1)[C@H](O)c1ccc(C(F)(F)F)cc1. The highest BCUT2D eigenvalue weighted by Crippen LogP contribution is 2.30. The highest BCUT2D eigenvalue weighted by atomic mass is 19.4. The van der Waals surface area contributed by atoms with Gasteiger partial charge in [-0.05, 0) is 35.4 Å². The largest absolute Gasteiger partial charge is 0.573 e. The number of rotatable bonds is 14. The summed E-state index contributed by atoms with van der Waals surface area (Å²) >= 11 is 0. The maximum atomic E-state index is 13.1. The molecule has 0 heterocycles. The summed E-state index contributed by atoms with van der Waals surface area (Å²) < 4.78 is 79.9. The van der Waals surface area contributed by atoms with E-state index in [9.17, 15) is 45.8 Å². The minimum Gasteiger partial charge on any atom is -0.406 e. The van der Waals surface area contributed by atoms with Crippen molar-refractivity contribution in [3.8, 4) is 5.75 Å². The Labute approximate surface area is 242 Å². The van der Waals surface area contributed by atoms with Gasteiger partial charge in [-0.1, -0.05) is 24.3 Å². The van der Waals surface area contributed by atoms with Crippen LogP contribution in [0.15, 0.2) is 48.5 Å². The van der Waals surface area contributed by atoms with Crippen LogP contribution < -0.4 is 32.6 Å². The molecule has 0 aromatic heterocycles. The van der Waals surface area contributed by atoms with Gasteiger partial charge in [0.25, 0.3) is 0 Å². The van der Waals surface area contributed by atoms with Crippen LogP contribution in [0.4, 0.5) is 26.3 Å². The van der Waals surface area contributed by atoms with Gasteiger partial charge in [-0.2, -0.15) is 13.2 Å². The van der Waals surface area contributed by atoms with Gasteiger partial charge in [-0.25, -0.2) is 0 Å². The fraction of sp³-hybridized carbons (Fsp3) is 0.423. The maximum Gasteiger partial charge on any atom is 0.573 e. The van der Waals surface area contributed by atoms with Gasteiger partial charge in [0.1, 0.15) is 17.9 Å². The van der Waals surface area contributed by atoms with Crippen LogP contribution in [0.25, 0.3) is 0 Å². The molecule has 0 aliphatic carbocycles. The lowest BCUT2D eigenvalue weighted by molar-refractivity contribution is -0.274. The zero-order valence-corrected chi connectivity index (χ0v) is 22.6. The summed E-state index contributed by atoms with van der Waals surface area (Å²) in [6.45, 7) is 0.241. The number of carbonyl (C=O) groups is 3. The molecule has 0 bridgehead atoms. The summed E-state index contributed by atoms with van der Waals surface area (Å²) in [6.07, 6.45) is -12.0. The lowest BCUT2D eigenvalue weighted by Gasteiger charge is -2.26. The summed E-state index contributed by atoms with van der Waals surface area (Å²) in [5.41, 5.74) is 16.0. The standard InChI is InChI=1S/C26H32F6N6O5/c27-25(28,29)17-5-3-16(4-6-17)22(40)21(37-23(41)19(35)13-20(39)38(11-9-33)12-10-34)24(42)36-14-15-1-7-18(8-2-15)43-26(30,31)32/h1-8,19,21-22,40H,9-14,33-35H2,(H,36,42)(H,37,41)/t19-,21?,22+/m0/s1. The quantitative estimate of drug-likeness (QED) is 0.168. The summed E-state index contributed by atoms with van der Waals surface area (Å²) in [5, 5.41) is 15.5. The zero-order valence-electron chi connectivity index (χ0n) is 22.6. The molecule has 0 fully saturated rings. The smallest absolute Gasteiger partial charge is 0.406 e. The summed E-state index contributed by atoms with van der Waals surface area (Å²) in [6, 6.07) is 4.32. The first-order valence-corrected chi connectivity index (χ1v) is 12.8. The molecule has 17 heteroatoms. The van der Waals surface area contributed by atoms with E-state index in [4.69, 9.17) is 17.2 Å². The number of halogens is 6. The number of aliphatic hydroxyl groups excluding tert-OH is 1. The molecule has 0 aliphatic rings. The number of nitrogens with two attached hydrogens (primary N) is 3. The van der Waals surface area contributed by atoms with Crippen molar-refractivity contribution in [2.75, 3.05) is 26.2 Å². The second kappa shape index (κ2) is 15.5. The highest BCUT2D eigenvalue weighted by Gasteiger charge is 2.34. The van der Waals surface area contributed by atoms with Crippen molar-refractivity contribution in [2.24, 2.45) is 17.2 Å². The second-order valence-electron chi connectivity index (χ2n) is 9.23. The number of ether oxygens (including phenoxy) is 1. The van der Waals surface area contributed by atoms with Crippen LogP contribution >= 0.6 is 0 Å². The number of carbonyl (C=O) groups excluding carboxylic acids is 3. The normalized spacial score (nSPS) is 13.9. The minimum atomic E-state index is -4.91. The molecule has 2 aromatic carbocycles. The molecule has 43 heavy (non-hydrogen) atoms. The Kier molecular flexibility index (Phi) is 12.7. The number of hydrogen-bond acceptors (Lipinski definition) is 8. The van der Waals surface area contributed by atoms with E-state index in [1.54, 1.807) is 0 Å². The molecular weight excluding hydrogens is 590 g/mol. The van der Waals surface area contributed by atoms with E-state index in [0.29, 0.717) is 17.7 Å². The first kappa shape index (κ1) is 35.3. The third kappa shape index (κ3) is 11.3. The molecule has 9 N–H and O–H groups in total. The van der Waals surface area contributed by atoms with E-state index in [1.807, 2.05) is 0 Å². The van der Waals surface area contributed by atoms with Gasteiger partial charge in [-0.3, -0.25) is 14.4 Å². The Morgan fingerprint density at radius 2 is 1.44 bits per heavy atom. The van der Waals surface area contributed by atoms with Gasteiger partial charge in [0.05, 0.1) is 18.0 Å². The third-order valence-electron chi connectivity index (χ3n) is 5.98. The van der Waals surface area contributed by atoms with Crippen molar-refractivity contribution < 1.29 is 50.6 Å². The minimum absolute atomic E-state index is 0.118. The van der Waals surface area contributed by atoms with Crippen LogP contribution in [0.1, 0.15) is 29.2 Å². The molecule has 0 radical (unpaired) electrons. The second-order valence-corrected chi connectivity index (χ2v) is 9.23. The van der Waals surface area contributed by atoms with Crippen molar-refractivity contribution in [3.63, 3.8) is 0 Å². The van der Waals surface area contributed by atoms with Crippen LogP contribution in [0.5, 0.6) is 5.75 Å². The molecule has 0 spiro atoms. The van der Waals surface area contributed by atoms with E-state index in [2.05, 4.69) is 15.4 Å². The predicted molar refractivity (Wildman–Crippen MR) is 141 cm³/mol. The Morgan fingerprint density at radius 1 is 0.884 bits per heavy atom. The first-order chi connectivity index (χ1) is 20.1. The monoisotopic (exact) mass is 622 g/mol. The van der Waals surface area contributed by atoms with Crippen molar-refractivity contribution >= 4 is 17.7 Å². The van der Waals surface area contributed by atoms with E-state index in [-0.39, 0.29) is 38.3 Å². The Balaban J connectivity index is 2.22. The van der Waals surface area contributed by atoms with E-state index in [0.717, 1.165) is 24.3 Å². The average Bonchev–Trinajstić information content (AvgIpc) is 2.93. The Bertz CT molecular complexity index is 1200. The predicted octanol–water partition coefficient (Wildman–Crippen LogP) is 0.902. The molecule has 1 unspecified atom stereocenters. The topological polar surface area (TPSA) is 186 Å². The molecule has 11 nitrogen and oxygen atoms in total. The van der Waals surface area contributed by atoms with Crippen LogP contribution in [0.2, 0.25) is 0 Å². The molecule has 2 rings (SSSR count). The molecule has 238 valence electrons. The Hall–Kier alpha value is -3.93. The average molecular weight is 623 g/mol. The van der Waals surface area contributed by atoms with Crippen molar-refractivity contribution in [3.05, 3.63) is 65.2 Å². The molecular formula is C26H32F6N6O5. The first-order valence-electron chi connectivity index (χ1n) is 12.8. The molecule has 3 atom stereocenters. The van der Waals surface area contributed by atoms with Gasteiger partial charge in [0, 0.05) is 32.7 Å². The van der Waals surface area contributed by atoms with Crippen LogP contribution in [0.3, 0.4) is 0 Å². The molecule has 0 aliphatic heterocycles. The zero-order chi connectivity index (χ0) is 32.4. The third-order valence-corrected chi connectivity index (χ3v) is 5.98. The molecule has 3 amide bonds. The van der Waals surface area contributed by atoms with Gasteiger partial charge in [-0.15, -0.1) is 13.2 Å². The number of amides is 3. The number of nitrogens with one attached hydrogen (secondary N) is 2. The Morgan fingerprint density at radius 3 is 1.93 bits per heavy atom. The number of hydrogen-bond donors (Lipinski definition) is 6. The number of alkyl halides is 6. The van der Waals surface area contributed by atoms with Gasteiger partial charge in [0.2, 0.25) is 17.7 Å². The van der Waals surface area contributed by atoms with Gasteiger partial charge >= 0.3 is 12.5 Å². The summed E-state index contributed by atoms with van der Waals surface area (Å²) in [5.74, 6) is -3.11. The molecule has 2 aromatic rings. The fourth-order valence-corrected chi connectivity index (χ4v) is 3.80. The lowest BCUT2D eigenvalue weighted by Crippen LogP contribution is -2.55. The molecule has 0 saturated carbocycles. The maximum absolute atomic E-state index is 13.1. The lowest BCUT2D eigenvalue weighted by atomic mass is 9.99. The van der Waals surface area contributed by atoms with Gasteiger partial charge in [0.15, 0.2) is 0 Å². The summed E-state index contributed by atoms with van der Waals surface area (Å²) in [4.78, 5) is 39.8. The highest BCUT2D eigenvalue weighted by molar-refractivity contribution is 5.92. The fourth-order valence-electron chi connectivity index (χ4n) is 3.80. The van der Waals surface area contributed by atoms with E-state index < -0.39 is 66.2 Å². The van der Waals surface area contributed by atoms with Gasteiger partial charge < -0.3 is 42.6 Å². The number of nitrogens with zero attached hydrogens (tertiary/aromatic N) is 1. The van der Waals surface area contributed by atoms with Crippen LogP contribution in [-0.4, -0.2) is 72.4 Å². The van der Waals surface area contributed by atoms with E-state index in [1.165, 1.54) is 17.0 Å². The van der Waals surface area contributed by atoms with Crippen molar-refractivity contribution in [1.82, 2.24) is 15.5 Å². The number of benzene rings is 2. The van der Waals surface area contributed by atoms with E-state index >= 15 is 0 Å².